The van der Waals surface area contributed by atoms with E-state index in [4.69, 9.17) is 0 Å². The van der Waals surface area contributed by atoms with E-state index in [1.165, 1.54) is 16.7 Å². The highest BCUT2D eigenvalue weighted by Gasteiger charge is 2.27. The van der Waals surface area contributed by atoms with Gasteiger partial charge in [-0.25, -0.2) is 0 Å². The molecule has 0 bridgehead atoms. The number of aliphatic imine (C=N–C) groups is 1. The Hall–Kier alpha value is -2.35. The van der Waals surface area contributed by atoms with Crippen LogP contribution in [0.4, 0.5) is 0 Å². The molecule has 0 amide bonds. The third-order valence-corrected chi connectivity index (χ3v) is 5.76. The first kappa shape index (κ1) is 22.3. The first-order valence-corrected chi connectivity index (χ1v) is 10.3. The molecule has 4 rings (SSSR count). The molecule has 158 valence electrons. The lowest BCUT2D eigenvalue weighted by atomic mass is 9.91. The van der Waals surface area contributed by atoms with Crippen LogP contribution in [0.5, 0.6) is 0 Å². The van der Waals surface area contributed by atoms with E-state index in [9.17, 15) is 0 Å². The fourth-order valence-corrected chi connectivity index (χ4v) is 4.20. The maximum Gasteiger partial charge on any atom is 0.193 e. The number of hydrogen-bond donors (Lipinski definition) is 1. The number of aryl methyl sites for hydroxylation is 1. The van der Waals surface area contributed by atoms with Crippen molar-refractivity contribution < 1.29 is 0 Å². The lowest BCUT2D eigenvalue weighted by Crippen LogP contribution is -2.41. The number of rotatable bonds is 5. The molecule has 1 fully saturated rings. The molecule has 2 aromatic carbocycles. The molecular formula is C24H30IN5. The Kier molecular flexibility index (Phi) is 7.90. The molecule has 1 unspecified atom stereocenters. The van der Waals surface area contributed by atoms with Gasteiger partial charge in [0.05, 0.1) is 6.20 Å². The van der Waals surface area contributed by atoms with Crippen LogP contribution in [0.1, 0.15) is 34.9 Å². The third-order valence-electron chi connectivity index (χ3n) is 5.76. The zero-order valence-corrected chi connectivity index (χ0v) is 19.9. The van der Waals surface area contributed by atoms with Crippen molar-refractivity contribution in [2.24, 2.45) is 12.0 Å². The standard InChI is InChI=1S/C24H29N5.HI/c1-25-24(29-14-13-21(18-29)22-15-27-28(2)17-22)26-16-23(19-9-5-3-6-10-19)20-11-7-4-8-12-20;/h3-12,15,17,21,23H,13-14,16,18H2,1-2H3,(H,25,26);1H. The molecule has 1 atom stereocenters. The third kappa shape index (κ3) is 5.22. The second-order valence-electron chi connectivity index (χ2n) is 7.68. The van der Waals surface area contributed by atoms with Gasteiger partial charge in [0.25, 0.3) is 0 Å². The highest BCUT2D eigenvalue weighted by molar-refractivity contribution is 14.0. The predicted molar refractivity (Wildman–Crippen MR) is 134 cm³/mol. The van der Waals surface area contributed by atoms with E-state index in [0.29, 0.717) is 5.92 Å². The van der Waals surface area contributed by atoms with Crippen molar-refractivity contribution in [2.75, 3.05) is 26.7 Å². The summed E-state index contributed by atoms with van der Waals surface area (Å²) in [5.41, 5.74) is 3.95. The van der Waals surface area contributed by atoms with Gasteiger partial charge in [-0.3, -0.25) is 9.67 Å². The molecule has 1 N–H and O–H groups in total. The van der Waals surface area contributed by atoms with Crippen LogP contribution < -0.4 is 5.32 Å². The molecule has 0 saturated carbocycles. The van der Waals surface area contributed by atoms with Crippen molar-refractivity contribution in [2.45, 2.75) is 18.3 Å². The zero-order valence-electron chi connectivity index (χ0n) is 17.6. The minimum Gasteiger partial charge on any atom is -0.355 e. The number of guanidine groups is 1. The quantitative estimate of drug-likeness (QED) is 0.314. The fraction of sp³-hybridized carbons (Fsp3) is 0.333. The average molecular weight is 515 g/mol. The molecule has 1 aliphatic heterocycles. The predicted octanol–water partition coefficient (Wildman–Crippen LogP) is 4.23. The van der Waals surface area contributed by atoms with Gasteiger partial charge in [0.15, 0.2) is 5.96 Å². The Morgan fingerprint density at radius 1 is 1.10 bits per heavy atom. The summed E-state index contributed by atoms with van der Waals surface area (Å²) in [4.78, 5) is 6.94. The van der Waals surface area contributed by atoms with Crippen molar-refractivity contribution in [3.63, 3.8) is 0 Å². The lowest BCUT2D eigenvalue weighted by Gasteiger charge is -2.25. The van der Waals surface area contributed by atoms with E-state index in [0.717, 1.165) is 32.0 Å². The summed E-state index contributed by atoms with van der Waals surface area (Å²) in [6, 6.07) is 21.4. The molecule has 1 aromatic heterocycles. The molecule has 0 spiro atoms. The van der Waals surface area contributed by atoms with Gasteiger partial charge in [0.1, 0.15) is 0 Å². The maximum absolute atomic E-state index is 4.57. The van der Waals surface area contributed by atoms with E-state index in [1.54, 1.807) is 0 Å². The number of likely N-dealkylation sites (tertiary alicyclic amines) is 1. The molecule has 0 aliphatic carbocycles. The summed E-state index contributed by atoms with van der Waals surface area (Å²) >= 11 is 0. The van der Waals surface area contributed by atoms with Crippen LogP contribution in [-0.4, -0.2) is 47.3 Å². The molecule has 1 aliphatic rings. The molecule has 2 heterocycles. The van der Waals surface area contributed by atoms with Crippen LogP contribution in [0.25, 0.3) is 0 Å². The first-order valence-electron chi connectivity index (χ1n) is 10.3. The Labute approximate surface area is 196 Å². The van der Waals surface area contributed by atoms with Crippen molar-refractivity contribution in [1.29, 1.82) is 0 Å². The number of benzene rings is 2. The van der Waals surface area contributed by atoms with Crippen LogP contribution in [0, 0.1) is 0 Å². The number of nitrogens with one attached hydrogen (secondary N) is 1. The van der Waals surface area contributed by atoms with Gasteiger partial charge in [-0.2, -0.15) is 5.10 Å². The maximum atomic E-state index is 4.57. The summed E-state index contributed by atoms with van der Waals surface area (Å²) < 4.78 is 1.88. The van der Waals surface area contributed by atoms with Gasteiger partial charge in [0, 0.05) is 51.8 Å². The molecular weight excluding hydrogens is 485 g/mol. The molecule has 1 saturated heterocycles. The van der Waals surface area contributed by atoms with Crippen LogP contribution >= 0.6 is 24.0 Å². The minimum absolute atomic E-state index is 0. The van der Waals surface area contributed by atoms with E-state index in [1.807, 2.05) is 25.0 Å². The topological polar surface area (TPSA) is 45.5 Å². The van der Waals surface area contributed by atoms with Crippen molar-refractivity contribution in [3.8, 4) is 0 Å². The van der Waals surface area contributed by atoms with Crippen molar-refractivity contribution >= 4 is 29.9 Å². The number of hydrogen-bond acceptors (Lipinski definition) is 2. The highest BCUT2D eigenvalue weighted by atomic mass is 127. The second-order valence-corrected chi connectivity index (χ2v) is 7.68. The van der Waals surface area contributed by atoms with Crippen molar-refractivity contribution in [3.05, 3.63) is 89.7 Å². The van der Waals surface area contributed by atoms with Crippen LogP contribution in [-0.2, 0) is 7.05 Å². The van der Waals surface area contributed by atoms with E-state index < -0.39 is 0 Å². The Morgan fingerprint density at radius 3 is 2.27 bits per heavy atom. The fourth-order valence-electron chi connectivity index (χ4n) is 4.20. The first-order chi connectivity index (χ1) is 14.2. The van der Waals surface area contributed by atoms with Crippen LogP contribution in [0.15, 0.2) is 78.0 Å². The van der Waals surface area contributed by atoms with Gasteiger partial charge in [-0.05, 0) is 23.1 Å². The number of nitrogens with zero attached hydrogens (tertiary/aromatic N) is 4. The molecule has 5 nitrogen and oxygen atoms in total. The zero-order chi connectivity index (χ0) is 20.1. The Morgan fingerprint density at radius 2 is 1.73 bits per heavy atom. The van der Waals surface area contributed by atoms with Gasteiger partial charge in [-0.15, -0.1) is 24.0 Å². The monoisotopic (exact) mass is 515 g/mol. The smallest absolute Gasteiger partial charge is 0.193 e. The normalized spacial score (nSPS) is 16.6. The summed E-state index contributed by atoms with van der Waals surface area (Å²) in [6.07, 6.45) is 5.25. The second kappa shape index (κ2) is 10.6. The van der Waals surface area contributed by atoms with Crippen LogP contribution in [0.2, 0.25) is 0 Å². The van der Waals surface area contributed by atoms with Gasteiger partial charge < -0.3 is 10.2 Å². The minimum atomic E-state index is 0. The van der Waals surface area contributed by atoms with Gasteiger partial charge in [-0.1, -0.05) is 60.7 Å². The molecule has 30 heavy (non-hydrogen) atoms. The van der Waals surface area contributed by atoms with E-state index in [2.05, 4.69) is 87.2 Å². The lowest BCUT2D eigenvalue weighted by molar-refractivity contribution is 0.484. The average Bonchev–Trinajstić information content (AvgIpc) is 3.42. The number of halogens is 1. The molecule has 0 radical (unpaired) electrons. The highest BCUT2D eigenvalue weighted by Crippen LogP contribution is 2.27. The van der Waals surface area contributed by atoms with Gasteiger partial charge >= 0.3 is 0 Å². The summed E-state index contributed by atoms with van der Waals surface area (Å²) in [6.45, 7) is 2.81. The number of aromatic nitrogens is 2. The molecule has 3 aromatic rings. The summed E-state index contributed by atoms with van der Waals surface area (Å²) in [7, 11) is 3.85. The van der Waals surface area contributed by atoms with Gasteiger partial charge in [0.2, 0.25) is 0 Å². The Balaban J connectivity index is 0.00000256. The molecule has 6 heteroatoms. The van der Waals surface area contributed by atoms with Crippen molar-refractivity contribution in [1.82, 2.24) is 20.0 Å². The van der Waals surface area contributed by atoms with E-state index in [-0.39, 0.29) is 29.9 Å². The largest absolute Gasteiger partial charge is 0.355 e. The SMILES string of the molecule is CN=C(NCC(c1ccccc1)c1ccccc1)N1CCC(c2cnn(C)c2)C1.I. The summed E-state index contributed by atoms with van der Waals surface area (Å²) in [5.74, 6) is 1.78. The van der Waals surface area contributed by atoms with Crippen LogP contribution in [0.3, 0.4) is 0 Å². The van der Waals surface area contributed by atoms with E-state index >= 15 is 0 Å². The summed E-state index contributed by atoms with van der Waals surface area (Å²) in [5, 5.41) is 7.97. The Bertz CT molecular complexity index is 899.